The predicted molar refractivity (Wildman–Crippen MR) is 53.3 cm³/mol. The summed E-state index contributed by atoms with van der Waals surface area (Å²) in [6, 6.07) is 4.35. The highest BCUT2D eigenvalue weighted by Gasteiger charge is 2.08. The maximum atomic E-state index is 2.78. The Morgan fingerprint density at radius 2 is 2.18 bits per heavy atom. The largest absolute Gasteiger partial charge is 0.105 e. The first-order valence-corrected chi connectivity index (χ1v) is 4.41. The Kier molecular flexibility index (Phi) is 1.58. The third-order valence-corrected chi connectivity index (χ3v) is 2.73. The summed E-state index contributed by atoms with van der Waals surface area (Å²) in [4.78, 5) is 0. The van der Waals surface area contributed by atoms with Crippen molar-refractivity contribution < 1.29 is 0 Å². The Balaban J connectivity index is 2.71. The molecule has 2 rings (SSSR count). The predicted octanol–water partition coefficient (Wildman–Crippen LogP) is 2.06. The molecule has 11 heavy (non-hydrogen) atoms. The molecular formula is C10H11P. The molecular weight excluding hydrogens is 151 g/mol. The smallest absolute Gasteiger partial charge is 0.00853 e. The summed E-state index contributed by atoms with van der Waals surface area (Å²) in [6.45, 7) is 2.18. The summed E-state index contributed by atoms with van der Waals surface area (Å²) in [5, 5.41) is 1.32. The number of benzene rings is 1. The van der Waals surface area contributed by atoms with Gasteiger partial charge in [0.25, 0.3) is 0 Å². The molecule has 0 amide bonds. The van der Waals surface area contributed by atoms with Crippen LogP contribution < -0.4 is 5.30 Å². The van der Waals surface area contributed by atoms with Gasteiger partial charge in [0.05, 0.1) is 0 Å². The van der Waals surface area contributed by atoms with Crippen molar-refractivity contribution >= 4 is 20.6 Å². The lowest BCUT2D eigenvalue weighted by Crippen LogP contribution is -2.00. The minimum absolute atomic E-state index is 1.11. The molecule has 0 saturated heterocycles. The van der Waals surface area contributed by atoms with Gasteiger partial charge in [-0.15, -0.1) is 9.24 Å². The van der Waals surface area contributed by atoms with Gasteiger partial charge in [-0.1, -0.05) is 24.3 Å². The van der Waals surface area contributed by atoms with Crippen LogP contribution in [0.1, 0.15) is 16.7 Å². The molecule has 0 N–H and O–H groups in total. The van der Waals surface area contributed by atoms with E-state index in [4.69, 9.17) is 0 Å². The Hall–Kier alpha value is -0.610. The molecule has 1 aromatic rings. The van der Waals surface area contributed by atoms with Gasteiger partial charge >= 0.3 is 0 Å². The van der Waals surface area contributed by atoms with Crippen molar-refractivity contribution in [3.63, 3.8) is 0 Å². The van der Waals surface area contributed by atoms with Crippen LogP contribution in [0.25, 0.3) is 6.08 Å². The van der Waals surface area contributed by atoms with E-state index in [0.717, 1.165) is 6.42 Å². The Bertz CT molecular complexity index is 324. The molecule has 0 aromatic heterocycles. The van der Waals surface area contributed by atoms with Crippen LogP contribution >= 0.6 is 9.24 Å². The first-order chi connectivity index (χ1) is 5.29. The van der Waals surface area contributed by atoms with E-state index in [9.17, 15) is 0 Å². The topological polar surface area (TPSA) is 0 Å². The van der Waals surface area contributed by atoms with Gasteiger partial charge in [0.2, 0.25) is 0 Å². The zero-order chi connectivity index (χ0) is 7.84. The van der Waals surface area contributed by atoms with Gasteiger partial charge in [0, 0.05) is 0 Å². The van der Waals surface area contributed by atoms with Gasteiger partial charge in [-0.2, -0.15) is 0 Å². The average molecular weight is 162 g/mol. The van der Waals surface area contributed by atoms with Crippen LogP contribution in [0.4, 0.5) is 0 Å². The van der Waals surface area contributed by atoms with Crippen LogP contribution in [-0.4, -0.2) is 0 Å². The zero-order valence-electron chi connectivity index (χ0n) is 6.59. The molecule has 0 nitrogen and oxygen atoms in total. The second-order valence-electron chi connectivity index (χ2n) is 2.97. The monoisotopic (exact) mass is 162 g/mol. The fourth-order valence-corrected chi connectivity index (χ4v) is 1.92. The van der Waals surface area contributed by atoms with Crippen molar-refractivity contribution in [3.8, 4) is 0 Å². The Labute approximate surface area is 69.5 Å². The van der Waals surface area contributed by atoms with Gasteiger partial charge < -0.3 is 0 Å². The fourth-order valence-electron chi connectivity index (χ4n) is 1.55. The number of aryl methyl sites for hydroxylation is 1. The zero-order valence-corrected chi connectivity index (χ0v) is 7.75. The molecule has 1 unspecified atom stereocenters. The standard InChI is InChI=1S/C10H11P/c1-7-5-6-10(11)9-4-2-3-8(7)9/h2,4-6H,3,11H2,1H3. The van der Waals surface area contributed by atoms with Gasteiger partial charge in [0.15, 0.2) is 0 Å². The second-order valence-corrected chi connectivity index (χ2v) is 3.59. The lowest BCUT2D eigenvalue weighted by molar-refractivity contribution is 1.25. The van der Waals surface area contributed by atoms with E-state index in [1.807, 2.05) is 0 Å². The Morgan fingerprint density at radius 1 is 1.36 bits per heavy atom. The molecule has 1 aliphatic rings. The number of hydrogen-bond acceptors (Lipinski definition) is 0. The van der Waals surface area contributed by atoms with Crippen LogP contribution in [0.3, 0.4) is 0 Å². The van der Waals surface area contributed by atoms with Crippen molar-refractivity contribution in [3.05, 3.63) is 34.9 Å². The summed E-state index contributed by atoms with van der Waals surface area (Å²) in [7, 11) is 2.78. The highest BCUT2D eigenvalue weighted by molar-refractivity contribution is 7.27. The van der Waals surface area contributed by atoms with Crippen LogP contribution in [-0.2, 0) is 6.42 Å². The molecule has 0 aliphatic heterocycles. The van der Waals surface area contributed by atoms with Gasteiger partial charge in [-0.25, -0.2) is 0 Å². The minimum Gasteiger partial charge on any atom is -0.105 e. The second kappa shape index (κ2) is 2.46. The lowest BCUT2D eigenvalue weighted by atomic mass is 10.0. The SMILES string of the molecule is Cc1ccc(P)c2c1CC=C2. The molecule has 0 spiro atoms. The first-order valence-electron chi connectivity index (χ1n) is 3.83. The molecule has 1 heteroatoms. The lowest BCUT2D eigenvalue weighted by Gasteiger charge is -2.05. The summed E-state index contributed by atoms with van der Waals surface area (Å²) in [5.41, 5.74) is 4.32. The molecule has 0 saturated carbocycles. The first kappa shape index (κ1) is 7.06. The molecule has 0 heterocycles. The van der Waals surface area contributed by atoms with Crippen LogP contribution in [0, 0.1) is 6.92 Å². The van der Waals surface area contributed by atoms with E-state index in [-0.39, 0.29) is 0 Å². The van der Waals surface area contributed by atoms with Crippen molar-refractivity contribution in [2.24, 2.45) is 0 Å². The Morgan fingerprint density at radius 3 is 2.91 bits per heavy atom. The summed E-state index contributed by atoms with van der Waals surface area (Å²) in [6.07, 6.45) is 5.55. The van der Waals surface area contributed by atoms with E-state index in [1.165, 1.54) is 22.0 Å². The summed E-state index contributed by atoms with van der Waals surface area (Å²) in [5.74, 6) is 0. The van der Waals surface area contributed by atoms with Crippen LogP contribution in [0.2, 0.25) is 0 Å². The minimum atomic E-state index is 1.11. The van der Waals surface area contributed by atoms with Crippen molar-refractivity contribution in [1.29, 1.82) is 0 Å². The van der Waals surface area contributed by atoms with Gasteiger partial charge in [-0.05, 0) is 35.3 Å². The van der Waals surface area contributed by atoms with E-state index < -0.39 is 0 Å². The third kappa shape index (κ3) is 1.02. The van der Waals surface area contributed by atoms with Crippen LogP contribution in [0.5, 0.6) is 0 Å². The van der Waals surface area contributed by atoms with Crippen molar-refractivity contribution in [1.82, 2.24) is 0 Å². The number of hydrogen-bond donors (Lipinski definition) is 0. The van der Waals surface area contributed by atoms with Crippen molar-refractivity contribution in [2.45, 2.75) is 13.3 Å². The maximum Gasteiger partial charge on any atom is -0.00853 e. The number of fused-ring (bicyclic) bond motifs is 1. The van der Waals surface area contributed by atoms with E-state index in [0.29, 0.717) is 0 Å². The number of allylic oxidation sites excluding steroid dienone is 1. The van der Waals surface area contributed by atoms with Gasteiger partial charge in [0.1, 0.15) is 0 Å². The normalized spacial score (nSPS) is 13.6. The highest BCUT2D eigenvalue weighted by Crippen LogP contribution is 2.22. The number of rotatable bonds is 0. The average Bonchev–Trinajstić information content (AvgIpc) is 2.45. The molecule has 1 aromatic carbocycles. The maximum absolute atomic E-state index is 2.78. The summed E-state index contributed by atoms with van der Waals surface area (Å²) >= 11 is 0. The third-order valence-electron chi connectivity index (χ3n) is 2.23. The molecule has 0 fully saturated rings. The summed E-state index contributed by atoms with van der Waals surface area (Å²) < 4.78 is 0. The molecule has 0 bridgehead atoms. The fraction of sp³-hybridized carbons (Fsp3) is 0.200. The highest BCUT2D eigenvalue weighted by atomic mass is 31.0. The van der Waals surface area contributed by atoms with E-state index in [1.54, 1.807) is 0 Å². The van der Waals surface area contributed by atoms with E-state index in [2.05, 4.69) is 40.4 Å². The van der Waals surface area contributed by atoms with E-state index >= 15 is 0 Å². The molecule has 1 aliphatic carbocycles. The van der Waals surface area contributed by atoms with Crippen LogP contribution in [0.15, 0.2) is 18.2 Å². The quantitative estimate of drug-likeness (QED) is 0.512. The molecule has 0 radical (unpaired) electrons. The van der Waals surface area contributed by atoms with Crippen molar-refractivity contribution in [2.75, 3.05) is 0 Å². The molecule has 1 atom stereocenters. The molecule has 56 valence electrons. The van der Waals surface area contributed by atoms with Gasteiger partial charge in [-0.3, -0.25) is 0 Å².